The Labute approximate surface area is 181 Å². The first-order chi connectivity index (χ1) is 15.1. The number of rotatable bonds is 3. The molecule has 0 unspecified atom stereocenters. The summed E-state index contributed by atoms with van der Waals surface area (Å²) in [5, 5.41) is 10.00. The first-order valence-corrected chi connectivity index (χ1v) is 9.46. The van der Waals surface area contributed by atoms with E-state index in [1.165, 1.54) is 0 Å². The fourth-order valence-corrected chi connectivity index (χ4v) is 3.01. The Morgan fingerprint density at radius 1 is 1.12 bits per heavy atom. The molecule has 0 fully saturated rings. The number of halogens is 3. The predicted octanol–water partition coefficient (Wildman–Crippen LogP) is 3.12. The van der Waals surface area contributed by atoms with Gasteiger partial charge in [-0.25, -0.2) is 9.78 Å². The van der Waals surface area contributed by atoms with Crippen molar-refractivity contribution in [2.75, 3.05) is 25.5 Å². The zero-order valence-electron chi connectivity index (χ0n) is 17.2. The minimum Gasteiger partial charge on any atom is -0.475 e. The van der Waals surface area contributed by atoms with Crippen molar-refractivity contribution in [2.24, 2.45) is 0 Å². The summed E-state index contributed by atoms with van der Waals surface area (Å²) in [5.74, 6) is -1.86. The fourth-order valence-electron chi connectivity index (χ4n) is 3.01. The molecular formula is C21H20F3N5O3. The summed E-state index contributed by atoms with van der Waals surface area (Å²) >= 11 is 0. The third-order valence-electron chi connectivity index (χ3n) is 4.62. The van der Waals surface area contributed by atoms with Crippen LogP contribution in [0.4, 0.5) is 19.0 Å². The lowest BCUT2D eigenvalue weighted by atomic mass is 10.1. The molecule has 0 atom stereocenters. The van der Waals surface area contributed by atoms with Gasteiger partial charge in [0, 0.05) is 62.0 Å². The number of nitrogens with one attached hydrogen (secondary N) is 2. The number of aromatic amines is 1. The van der Waals surface area contributed by atoms with E-state index >= 15 is 0 Å². The van der Waals surface area contributed by atoms with Crippen LogP contribution in [0.25, 0.3) is 22.5 Å². The second-order valence-electron chi connectivity index (χ2n) is 7.11. The molecule has 0 spiro atoms. The highest BCUT2D eigenvalue weighted by atomic mass is 19.4. The van der Waals surface area contributed by atoms with Gasteiger partial charge in [-0.05, 0) is 30.3 Å². The highest BCUT2D eigenvalue weighted by molar-refractivity contribution is 5.97. The number of H-pyrrole nitrogens is 1. The van der Waals surface area contributed by atoms with Crippen LogP contribution in [0.15, 0.2) is 42.7 Å². The zero-order chi connectivity index (χ0) is 23.5. The van der Waals surface area contributed by atoms with Crippen molar-refractivity contribution in [3.8, 4) is 22.5 Å². The van der Waals surface area contributed by atoms with Gasteiger partial charge in [0.05, 0.1) is 11.3 Å². The average Bonchev–Trinajstić information content (AvgIpc) is 3.20. The number of aliphatic carboxylic acids is 1. The Morgan fingerprint density at radius 2 is 1.84 bits per heavy atom. The molecule has 32 heavy (non-hydrogen) atoms. The summed E-state index contributed by atoms with van der Waals surface area (Å²) in [4.78, 5) is 35.1. The van der Waals surface area contributed by atoms with Crippen LogP contribution in [0, 0.1) is 0 Å². The maximum Gasteiger partial charge on any atom is 0.490 e. The zero-order valence-corrected chi connectivity index (χ0v) is 17.2. The number of hydrogen-bond donors (Lipinski definition) is 3. The molecule has 3 N–H and O–H groups in total. The van der Waals surface area contributed by atoms with E-state index in [9.17, 15) is 18.0 Å². The van der Waals surface area contributed by atoms with Crippen molar-refractivity contribution in [3.63, 3.8) is 0 Å². The molecule has 3 aromatic heterocycles. The van der Waals surface area contributed by atoms with E-state index in [2.05, 4.69) is 20.3 Å². The van der Waals surface area contributed by atoms with Crippen LogP contribution in [-0.2, 0) is 11.2 Å². The standard InChI is InChI=1S/C19H19N5O.C2HF3O2/c1-24(2)18-4-3-13(11-22-18)16-9-12(5-7-20-16)17-10-14-15(23-17)6-8-21-19(14)25;3-2(4,5)1(6)7/h3-5,7,9-11,23H,6,8H2,1-2H3,(H,21,25);(H,6,7). The summed E-state index contributed by atoms with van der Waals surface area (Å²) in [6, 6.07) is 9.86. The Balaban J connectivity index is 0.000000360. The number of carbonyl (C=O) groups excluding carboxylic acids is 1. The van der Waals surface area contributed by atoms with Gasteiger partial charge in [0.1, 0.15) is 5.82 Å². The molecule has 1 aliphatic heterocycles. The number of hydrogen-bond acceptors (Lipinski definition) is 5. The maximum absolute atomic E-state index is 11.9. The van der Waals surface area contributed by atoms with Crippen LogP contribution in [0.3, 0.4) is 0 Å². The third kappa shape index (κ3) is 5.23. The van der Waals surface area contributed by atoms with Gasteiger partial charge < -0.3 is 20.3 Å². The van der Waals surface area contributed by atoms with Crippen LogP contribution < -0.4 is 10.2 Å². The van der Waals surface area contributed by atoms with E-state index in [4.69, 9.17) is 9.90 Å². The topological polar surface area (TPSA) is 111 Å². The van der Waals surface area contributed by atoms with Gasteiger partial charge in [-0.15, -0.1) is 0 Å². The first kappa shape index (κ1) is 22.8. The van der Waals surface area contributed by atoms with Crippen molar-refractivity contribution >= 4 is 17.7 Å². The van der Waals surface area contributed by atoms with Crippen LogP contribution in [0.2, 0.25) is 0 Å². The van der Waals surface area contributed by atoms with Crippen molar-refractivity contribution in [1.29, 1.82) is 0 Å². The molecule has 8 nitrogen and oxygen atoms in total. The van der Waals surface area contributed by atoms with Crippen LogP contribution in [-0.4, -0.2) is 58.8 Å². The number of carboxylic acid groups (broad SMARTS) is 1. The molecule has 0 saturated carbocycles. The number of pyridine rings is 2. The Bertz CT molecular complexity index is 1120. The van der Waals surface area contributed by atoms with Gasteiger partial charge in [0.15, 0.2) is 0 Å². The first-order valence-electron chi connectivity index (χ1n) is 9.46. The Morgan fingerprint density at radius 3 is 2.41 bits per heavy atom. The fraction of sp³-hybridized carbons (Fsp3) is 0.238. The summed E-state index contributed by atoms with van der Waals surface area (Å²) in [6.07, 6.45) is -0.645. The van der Waals surface area contributed by atoms with E-state index in [1.807, 2.05) is 55.5 Å². The molecule has 0 aliphatic carbocycles. The molecule has 11 heteroatoms. The highest BCUT2D eigenvalue weighted by Crippen LogP contribution is 2.27. The SMILES string of the molecule is CN(C)c1ccc(-c2cc(-c3cc4c([nH]3)CCNC4=O)ccn2)cn1.O=C(O)C(F)(F)F. The molecule has 168 valence electrons. The quantitative estimate of drug-likeness (QED) is 0.569. The van der Waals surface area contributed by atoms with Crippen molar-refractivity contribution in [2.45, 2.75) is 12.6 Å². The lowest BCUT2D eigenvalue weighted by molar-refractivity contribution is -0.192. The van der Waals surface area contributed by atoms with E-state index in [0.29, 0.717) is 6.54 Å². The number of fused-ring (bicyclic) bond motifs is 1. The molecule has 0 bridgehead atoms. The summed E-state index contributed by atoms with van der Waals surface area (Å²) in [5.41, 5.74) is 5.48. The number of carboxylic acids is 1. The number of amides is 1. The van der Waals surface area contributed by atoms with Crippen LogP contribution in [0.5, 0.6) is 0 Å². The Kier molecular flexibility index (Phi) is 6.47. The predicted molar refractivity (Wildman–Crippen MR) is 111 cm³/mol. The molecular weight excluding hydrogens is 427 g/mol. The molecule has 1 amide bonds. The van der Waals surface area contributed by atoms with Gasteiger partial charge >= 0.3 is 12.1 Å². The summed E-state index contributed by atoms with van der Waals surface area (Å²) in [7, 11) is 3.92. The lowest BCUT2D eigenvalue weighted by Gasteiger charge is -2.11. The van der Waals surface area contributed by atoms with Crippen LogP contribution >= 0.6 is 0 Å². The third-order valence-corrected chi connectivity index (χ3v) is 4.62. The van der Waals surface area contributed by atoms with E-state index < -0.39 is 12.1 Å². The minimum absolute atomic E-state index is 0.0125. The molecule has 1 aliphatic rings. The smallest absolute Gasteiger partial charge is 0.475 e. The second-order valence-corrected chi connectivity index (χ2v) is 7.11. The van der Waals surface area contributed by atoms with Gasteiger partial charge in [0.2, 0.25) is 0 Å². The Hall–Kier alpha value is -3.89. The largest absolute Gasteiger partial charge is 0.490 e. The molecule has 0 saturated heterocycles. The second kappa shape index (κ2) is 9.08. The molecule has 4 heterocycles. The van der Waals surface area contributed by atoms with Gasteiger partial charge in [-0.1, -0.05) is 0 Å². The van der Waals surface area contributed by atoms with Gasteiger partial charge in [0.25, 0.3) is 5.91 Å². The summed E-state index contributed by atoms with van der Waals surface area (Å²) < 4.78 is 31.7. The number of anilines is 1. The lowest BCUT2D eigenvalue weighted by Crippen LogP contribution is -2.31. The number of alkyl halides is 3. The highest BCUT2D eigenvalue weighted by Gasteiger charge is 2.38. The average molecular weight is 447 g/mol. The molecule has 0 radical (unpaired) electrons. The number of carbonyl (C=O) groups is 2. The minimum atomic E-state index is -5.08. The van der Waals surface area contributed by atoms with E-state index in [1.54, 1.807) is 6.20 Å². The van der Waals surface area contributed by atoms with Crippen LogP contribution in [0.1, 0.15) is 16.1 Å². The monoisotopic (exact) mass is 447 g/mol. The molecule has 3 aromatic rings. The number of aromatic nitrogens is 3. The normalized spacial score (nSPS) is 12.8. The van der Waals surface area contributed by atoms with Crippen molar-refractivity contribution < 1.29 is 27.9 Å². The molecule has 4 rings (SSSR count). The van der Waals surface area contributed by atoms with Crippen molar-refractivity contribution in [1.82, 2.24) is 20.3 Å². The van der Waals surface area contributed by atoms with E-state index in [-0.39, 0.29) is 5.91 Å². The van der Waals surface area contributed by atoms with Gasteiger partial charge in [-0.3, -0.25) is 9.78 Å². The number of nitrogens with zero attached hydrogens (tertiary/aromatic N) is 3. The van der Waals surface area contributed by atoms with Crippen molar-refractivity contribution in [3.05, 3.63) is 54.0 Å². The van der Waals surface area contributed by atoms with Gasteiger partial charge in [-0.2, -0.15) is 13.2 Å². The molecule has 0 aromatic carbocycles. The maximum atomic E-state index is 11.9. The summed E-state index contributed by atoms with van der Waals surface area (Å²) in [6.45, 7) is 0.678. The van der Waals surface area contributed by atoms with E-state index in [0.717, 1.165) is 46.0 Å².